The van der Waals surface area contributed by atoms with Crippen molar-refractivity contribution in [3.05, 3.63) is 12.1 Å². The van der Waals surface area contributed by atoms with Crippen LogP contribution in [0.1, 0.15) is 0 Å². The third kappa shape index (κ3) is 5.20. The first-order chi connectivity index (χ1) is 12.9. The smallest absolute Gasteiger partial charge is 0.343 e. The quantitative estimate of drug-likeness (QED) is 0.498. The number of nitrogen functional groups attached to an aromatic ring is 1. The average molecular weight is 397 g/mol. The minimum atomic E-state index is -0.591. The average Bonchev–Trinajstić information content (AvgIpc) is 3.03. The number of hydrogen-bond acceptors (Lipinski definition) is 11. The van der Waals surface area contributed by atoms with Gasteiger partial charge in [-0.2, -0.15) is 0 Å². The van der Waals surface area contributed by atoms with Crippen LogP contribution in [0.25, 0.3) is 10.2 Å². The first-order valence-corrected chi connectivity index (χ1v) is 8.47. The SMILES string of the molecule is COC(=O)COc1cc2nc(N)sc2cc1N(CC(=O)OC)CC(=O)OC. The highest BCUT2D eigenvalue weighted by Gasteiger charge is 2.22. The second-order valence-electron chi connectivity index (χ2n) is 5.21. The lowest BCUT2D eigenvalue weighted by Gasteiger charge is -2.24. The van der Waals surface area contributed by atoms with Crippen LogP contribution in [0.2, 0.25) is 0 Å². The maximum absolute atomic E-state index is 11.8. The molecule has 27 heavy (non-hydrogen) atoms. The van der Waals surface area contributed by atoms with E-state index in [0.29, 0.717) is 21.0 Å². The summed E-state index contributed by atoms with van der Waals surface area (Å²) in [5, 5.41) is 0.341. The number of aromatic nitrogens is 1. The molecule has 11 heteroatoms. The molecule has 2 N–H and O–H groups in total. The van der Waals surface area contributed by atoms with Crippen molar-refractivity contribution < 1.29 is 33.3 Å². The van der Waals surface area contributed by atoms with Crippen molar-refractivity contribution in [1.29, 1.82) is 0 Å². The van der Waals surface area contributed by atoms with E-state index in [1.807, 2.05) is 0 Å². The number of rotatable bonds is 8. The topological polar surface area (TPSA) is 130 Å². The zero-order valence-electron chi connectivity index (χ0n) is 15.0. The minimum Gasteiger partial charge on any atom is -0.480 e. The number of methoxy groups -OCH3 is 3. The van der Waals surface area contributed by atoms with Crippen molar-refractivity contribution in [2.24, 2.45) is 0 Å². The highest BCUT2D eigenvalue weighted by Crippen LogP contribution is 2.36. The standard InChI is InChI=1S/C16H19N3O7S/c1-23-13(20)6-19(7-14(21)24-2)10-5-12-9(18-16(17)27-12)4-11(10)26-8-15(22)25-3/h4-5H,6-8H2,1-3H3,(H2,17,18). The molecule has 0 spiro atoms. The van der Waals surface area contributed by atoms with Gasteiger partial charge >= 0.3 is 17.9 Å². The van der Waals surface area contributed by atoms with Crippen molar-refractivity contribution in [2.45, 2.75) is 0 Å². The van der Waals surface area contributed by atoms with E-state index in [0.717, 1.165) is 0 Å². The van der Waals surface area contributed by atoms with Gasteiger partial charge in [0.15, 0.2) is 11.7 Å². The molecule has 0 aliphatic rings. The minimum absolute atomic E-state index is 0.228. The molecule has 0 bridgehead atoms. The zero-order chi connectivity index (χ0) is 20.0. The van der Waals surface area contributed by atoms with Crippen LogP contribution in [0.4, 0.5) is 10.8 Å². The van der Waals surface area contributed by atoms with Gasteiger partial charge < -0.3 is 29.6 Å². The van der Waals surface area contributed by atoms with Gasteiger partial charge in [0, 0.05) is 6.07 Å². The Hall–Kier alpha value is -3.08. The van der Waals surface area contributed by atoms with Crippen molar-refractivity contribution in [2.75, 3.05) is 51.7 Å². The molecule has 1 heterocycles. The molecule has 0 aliphatic carbocycles. The molecule has 2 aromatic rings. The maximum atomic E-state index is 11.8. The first-order valence-electron chi connectivity index (χ1n) is 7.66. The predicted molar refractivity (Wildman–Crippen MR) is 97.8 cm³/mol. The Morgan fingerprint density at radius 2 is 1.63 bits per heavy atom. The first kappa shape index (κ1) is 20.2. The number of benzene rings is 1. The molecule has 0 unspecified atom stereocenters. The van der Waals surface area contributed by atoms with E-state index in [1.165, 1.54) is 37.6 Å². The summed E-state index contributed by atoms with van der Waals surface area (Å²) in [6, 6.07) is 3.24. The number of anilines is 2. The molecule has 1 aromatic heterocycles. The summed E-state index contributed by atoms with van der Waals surface area (Å²) in [5.41, 5.74) is 6.68. The maximum Gasteiger partial charge on any atom is 0.343 e. The van der Waals surface area contributed by atoms with Crippen LogP contribution in [0.15, 0.2) is 12.1 Å². The summed E-state index contributed by atoms with van der Waals surface area (Å²) in [6.45, 7) is -0.834. The summed E-state index contributed by atoms with van der Waals surface area (Å²) in [5.74, 6) is -1.50. The summed E-state index contributed by atoms with van der Waals surface area (Å²) < 4.78 is 20.2. The predicted octanol–water partition coefficient (Wildman–Crippen LogP) is 0.583. The highest BCUT2D eigenvalue weighted by molar-refractivity contribution is 7.22. The molecule has 10 nitrogen and oxygen atoms in total. The van der Waals surface area contributed by atoms with Crippen molar-refractivity contribution in [1.82, 2.24) is 4.98 Å². The van der Waals surface area contributed by atoms with Gasteiger partial charge in [0.25, 0.3) is 0 Å². The second kappa shape index (κ2) is 9.03. The molecular formula is C16H19N3O7S. The number of hydrogen-bond donors (Lipinski definition) is 1. The zero-order valence-corrected chi connectivity index (χ0v) is 15.8. The van der Waals surface area contributed by atoms with E-state index in [9.17, 15) is 14.4 Å². The number of fused-ring (bicyclic) bond motifs is 1. The van der Waals surface area contributed by atoms with Gasteiger partial charge in [0.1, 0.15) is 18.8 Å². The van der Waals surface area contributed by atoms with Crippen molar-refractivity contribution in [3.63, 3.8) is 0 Å². The second-order valence-corrected chi connectivity index (χ2v) is 6.28. The molecule has 0 saturated carbocycles. The highest BCUT2D eigenvalue weighted by atomic mass is 32.1. The number of nitrogens with two attached hydrogens (primary N) is 1. The van der Waals surface area contributed by atoms with E-state index >= 15 is 0 Å². The summed E-state index contributed by atoms with van der Waals surface area (Å²) in [6.07, 6.45) is 0. The molecular weight excluding hydrogens is 378 g/mol. The van der Waals surface area contributed by atoms with Crippen LogP contribution in [0.5, 0.6) is 5.75 Å². The Labute approximate surface area is 158 Å². The largest absolute Gasteiger partial charge is 0.480 e. The van der Waals surface area contributed by atoms with E-state index in [-0.39, 0.29) is 25.4 Å². The lowest BCUT2D eigenvalue weighted by Crippen LogP contribution is -2.36. The fourth-order valence-corrected chi connectivity index (χ4v) is 2.94. The summed E-state index contributed by atoms with van der Waals surface area (Å²) in [7, 11) is 3.71. The van der Waals surface area contributed by atoms with E-state index in [4.69, 9.17) is 10.5 Å². The van der Waals surface area contributed by atoms with Gasteiger partial charge in [0.05, 0.1) is 37.2 Å². The molecule has 2 rings (SSSR count). The molecule has 0 atom stereocenters. The van der Waals surface area contributed by atoms with E-state index in [2.05, 4.69) is 19.2 Å². The Kier molecular flexibility index (Phi) is 6.77. The van der Waals surface area contributed by atoms with Gasteiger partial charge in [0.2, 0.25) is 0 Å². The molecule has 1 aromatic carbocycles. The Morgan fingerprint density at radius 3 is 2.19 bits per heavy atom. The van der Waals surface area contributed by atoms with Gasteiger partial charge in [-0.3, -0.25) is 9.59 Å². The molecule has 0 radical (unpaired) electrons. The number of ether oxygens (including phenoxy) is 4. The Balaban J connectivity index is 2.48. The lowest BCUT2D eigenvalue weighted by atomic mass is 10.2. The molecule has 0 amide bonds. The van der Waals surface area contributed by atoms with E-state index in [1.54, 1.807) is 12.1 Å². The molecule has 146 valence electrons. The van der Waals surface area contributed by atoms with Crippen LogP contribution < -0.4 is 15.4 Å². The number of thiazole rings is 1. The lowest BCUT2D eigenvalue weighted by molar-refractivity contribution is -0.143. The fourth-order valence-electron chi connectivity index (χ4n) is 2.19. The van der Waals surface area contributed by atoms with E-state index < -0.39 is 17.9 Å². The number of esters is 3. The van der Waals surface area contributed by atoms with Gasteiger partial charge in [-0.15, -0.1) is 0 Å². The van der Waals surface area contributed by atoms with Crippen LogP contribution in [-0.4, -0.2) is 63.9 Å². The van der Waals surface area contributed by atoms with Gasteiger partial charge in [-0.05, 0) is 6.07 Å². The summed E-state index contributed by atoms with van der Waals surface area (Å²) >= 11 is 1.23. The van der Waals surface area contributed by atoms with Gasteiger partial charge in [-0.25, -0.2) is 9.78 Å². The Bertz CT molecular complexity index is 834. The van der Waals surface area contributed by atoms with Crippen molar-refractivity contribution >= 4 is 50.3 Å². The summed E-state index contributed by atoms with van der Waals surface area (Å²) in [4.78, 5) is 40.6. The third-order valence-electron chi connectivity index (χ3n) is 3.49. The monoisotopic (exact) mass is 397 g/mol. The number of carbonyl (C=O) groups is 3. The van der Waals surface area contributed by atoms with Crippen LogP contribution in [-0.2, 0) is 28.6 Å². The molecule has 0 aliphatic heterocycles. The molecule has 0 fully saturated rings. The van der Waals surface area contributed by atoms with Crippen LogP contribution in [0.3, 0.4) is 0 Å². The van der Waals surface area contributed by atoms with Gasteiger partial charge in [-0.1, -0.05) is 11.3 Å². The number of carbonyl (C=O) groups excluding carboxylic acids is 3. The van der Waals surface area contributed by atoms with Crippen LogP contribution >= 0.6 is 11.3 Å². The normalized spacial score (nSPS) is 10.3. The van der Waals surface area contributed by atoms with Crippen LogP contribution in [0, 0.1) is 0 Å². The molecule has 0 saturated heterocycles. The fraction of sp³-hybridized carbons (Fsp3) is 0.375. The third-order valence-corrected chi connectivity index (χ3v) is 4.34. The van der Waals surface area contributed by atoms with Crippen molar-refractivity contribution in [3.8, 4) is 5.75 Å². The Morgan fingerprint density at radius 1 is 1.04 bits per heavy atom. The number of nitrogens with zero attached hydrogens (tertiary/aromatic N) is 2.